The van der Waals surface area contributed by atoms with Crippen molar-refractivity contribution < 1.29 is 4.39 Å². The first kappa shape index (κ1) is 9.51. The molecule has 1 saturated heterocycles. The van der Waals surface area contributed by atoms with Crippen molar-refractivity contribution in [2.75, 3.05) is 35.2 Å². The fraction of sp³-hybridized carbons (Fsp3) is 0.500. The summed E-state index contributed by atoms with van der Waals surface area (Å²) in [7, 11) is 0. The lowest BCUT2D eigenvalue weighted by Gasteiger charge is -2.27. The van der Waals surface area contributed by atoms with Crippen molar-refractivity contribution in [1.82, 2.24) is 9.97 Å². The average molecular weight is 214 g/mol. The molecule has 0 aromatic carbocycles. The van der Waals surface area contributed by atoms with Crippen molar-refractivity contribution >= 4 is 23.5 Å². The smallest absolute Gasteiger partial charge is 0.222 e. The SMILES string of the molecule is Nc1ncc(F)c(N2CCSCC2)n1. The molecule has 0 saturated carbocycles. The van der Waals surface area contributed by atoms with Crippen LogP contribution in [0.25, 0.3) is 0 Å². The van der Waals surface area contributed by atoms with Gasteiger partial charge < -0.3 is 10.6 Å². The molecule has 76 valence electrons. The maximum absolute atomic E-state index is 13.3. The summed E-state index contributed by atoms with van der Waals surface area (Å²) >= 11 is 1.86. The maximum atomic E-state index is 13.3. The number of nitrogens with two attached hydrogens (primary N) is 1. The number of hydrogen-bond acceptors (Lipinski definition) is 5. The molecule has 1 aromatic rings. The van der Waals surface area contributed by atoms with Crippen molar-refractivity contribution in [3.63, 3.8) is 0 Å². The van der Waals surface area contributed by atoms with Crippen LogP contribution in [0.2, 0.25) is 0 Å². The van der Waals surface area contributed by atoms with Crippen LogP contribution in [0.3, 0.4) is 0 Å². The first-order chi connectivity index (χ1) is 6.77. The Labute approximate surface area is 85.7 Å². The molecule has 1 fully saturated rings. The Morgan fingerprint density at radius 1 is 1.43 bits per heavy atom. The molecule has 0 unspecified atom stereocenters. The zero-order chi connectivity index (χ0) is 9.97. The molecular weight excluding hydrogens is 203 g/mol. The Bertz CT molecular complexity index is 327. The van der Waals surface area contributed by atoms with Gasteiger partial charge in [-0.1, -0.05) is 0 Å². The Kier molecular flexibility index (Phi) is 2.72. The van der Waals surface area contributed by atoms with Crippen molar-refractivity contribution in [2.24, 2.45) is 0 Å². The van der Waals surface area contributed by atoms with Gasteiger partial charge in [0, 0.05) is 24.6 Å². The molecule has 1 aromatic heterocycles. The van der Waals surface area contributed by atoms with E-state index in [4.69, 9.17) is 5.73 Å². The van der Waals surface area contributed by atoms with E-state index in [9.17, 15) is 4.39 Å². The van der Waals surface area contributed by atoms with Crippen LogP contribution in [0.1, 0.15) is 0 Å². The molecule has 0 spiro atoms. The van der Waals surface area contributed by atoms with E-state index in [1.165, 1.54) is 0 Å². The van der Waals surface area contributed by atoms with Gasteiger partial charge in [0.1, 0.15) is 0 Å². The zero-order valence-electron chi connectivity index (χ0n) is 7.61. The Morgan fingerprint density at radius 2 is 2.14 bits per heavy atom. The van der Waals surface area contributed by atoms with E-state index in [2.05, 4.69) is 9.97 Å². The minimum Gasteiger partial charge on any atom is -0.368 e. The summed E-state index contributed by atoms with van der Waals surface area (Å²) in [5, 5.41) is 0. The van der Waals surface area contributed by atoms with Crippen LogP contribution in [0.4, 0.5) is 16.2 Å². The Balaban J connectivity index is 2.24. The number of hydrogen-bond donors (Lipinski definition) is 1. The quantitative estimate of drug-likeness (QED) is 0.747. The fourth-order valence-corrected chi connectivity index (χ4v) is 2.27. The third-order valence-corrected chi connectivity index (χ3v) is 3.00. The second-order valence-corrected chi connectivity index (χ2v) is 4.22. The molecule has 2 N–H and O–H groups in total. The van der Waals surface area contributed by atoms with Gasteiger partial charge >= 0.3 is 0 Å². The number of aromatic nitrogens is 2. The molecular formula is C8H11FN4S. The highest BCUT2D eigenvalue weighted by Crippen LogP contribution is 2.20. The summed E-state index contributed by atoms with van der Waals surface area (Å²) < 4.78 is 13.3. The molecule has 2 heterocycles. The van der Waals surface area contributed by atoms with Gasteiger partial charge in [0.2, 0.25) is 5.95 Å². The normalized spacial score (nSPS) is 17.1. The number of nitrogen functional groups attached to an aromatic ring is 1. The predicted octanol–water partition coefficient (Wildman–Crippen LogP) is 0.751. The Hall–Kier alpha value is -1.04. The summed E-state index contributed by atoms with van der Waals surface area (Å²) in [5.74, 6) is 2.07. The fourth-order valence-electron chi connectivity index (χ4n) is 1.37. The van der Waals surface area contributed by atoms with Gasteiger partial charge in [-0.3, -0.25) is 0 Å². The molecule has 0 radical (unpaired) electrons. The van der Waals surface area contributed by atoms with Crippen LogP contribution in [0.15, 0.2) is 6.20 Å². The third kappa shape index (κ3) is 1.89. The Morgan fingerprint density at radius 3 is 2.86 bits per heavy atom. The van der Waals surface area contributed by atoms with Crippen LogP contribution in [0.5, 0.6) is 0 Å². The highest BCUT2D eigenvalue weighted by Gasteiger charge is 2.16. The lowest BCUT2D eigenvalue weighted by molar-refractivity contribution is 0.605. The third-order valence-electron chi connectivity index (χ3n) is 2.05. The van der Waals surface area contributed by atoms with Gasteiger partial charge in [0.15, 0.2) is 11.6 Å². The van der Waals surface area contributed by atoms with Crippen LogP contribution < -0.4 is 10.6 Å². The van der Waals surface area contributed by atoms with E-state index in [1.807, 2.05) is 16.7 Å². The van der Waals surface area contributed by atoms with Crippen molar-refractivity contribution in [1.29, 1.82) is 0 Å². The lowest BCUT2D eigenvalue weighted by atomic mass is 10.4. The maximum Gasteiger partial charge on any atom is 0.222 e. The molecule has 1 aliphatic heterocycles. The van der Waals surface area contributed by atoms with E-state index in [1.54, 1.807) is 0 Å². The first-order valence-corrected chi connectivity index (χ1v) is 5.53. The van der Waals surface area contributed by atoms with E-state index >= 15 is 0 Å². The first-order valence-electron chi connectivity index (χ1n) is 4.38. The summed E-state index contributed by atoms with van der Waals surface area (Å²) in [5.41, 5.74) is 5.41. The molecule has 4 nitrogen and oxygen atoms in total. The topological polar surface area (TPSA) is 55.0 Å². The van der Waals surface area contributed by atoms with Crippen LogP contribution in [-0.2, 0) is 0 Å². The van der Waals surface area contributed by atoms with E-state index < -0.39 is 5.82 Å². The standard InChI is InChI=1S/C8H11FN4S/c9-6-5-11-8(10)12-7(6)13-1-3-14-4-2-13/h5H,1-4H2,(H2,10,11,12). The molecule has 0 atom stereocenters. The predicted molar refractivity (Wildman–Crippen MR) is 55.9 cm³/mol. The second kappa shape index (κ2) is 4.00. The molecule has 6 heteroatoms. The minimum atomic E-state index is -0.397. The average Bonchev–Trinajstić information content (AvgIpc) is 2.23. The van der Waals surface area contributed by atoms with Crippen LogP contribution in [0, 0.1) is 5.82 Å². The molecule has 0 amide bonds. The number of thioether (sulfide) groups is 1. The minimum absolute atomic E-state index is 0.125. The van der Waals surface area contributed by atoms with Crippen LogP contribution in [-0.4, -0.2) is 34.6 Å². The van der Waals surface area contributed by atoms with Gasteiger partial charge in [0.05, 0.1) is 6.20 Å². The monoisotopic (exact) mass is 214 g/mol. The van der Waals surface area contributed by atoms with Gasteiger partial charge in [-0.05, 0) is 0 Å². The number of nitrogens with zero attached hydrogens (tertiary/aromatic N) is 3. The van der Waals surface area contributed by atoms with E-state index in [0.29, 0.717) is 5.82 Å². The number of anilines is 2. The molecule has 2 rings (SSSR count). The summed E-state index contributed by atoms with van der Waals surface area (Å²) in [4.78, 5) is 9.41. The largest absolute Gasteiger partial charge is 0.368 e. The van der Waals surface area contributed by atoms with Gasteiger partial charge in [-0.25, -0.2) is 9.37 Å². The second-order valence-electron chi connectivity index (χ2n) is 3.00. The van der Waals surface area contributed by atoms with Crippen molar-refractivity contribution in [3.05, 3.63) is 12.0 Å². The van der Waals surface area contributed by atoms with Gasteiger partial charge in [-0.15, -0.1) is 0 Å². The highest BCUT2D eigenvalue weighted by atomic mass is 32.2. The van der Waals surface area contributed by atoms with Crippen molar-refractivity contribution in [2.45, 2.75) is 0 Å². The lowest BCUT2D eigenvalue weighted by Crippen LogP contribution is -2.34. The summed E-state index contributed by atoms with van der Waals surface area (Å²) in [6.45, 7) is 1.64. The molecule has 0 bridgehead atoms. The van der Waals surface area contributed by atoms with Gasteiger partial charge in [-0.2, -0.15) is 16.7 Å². The summed E-state index contributed by atoms with van der Waals surface area (Å²) in [6.07, 6.45) is 1.12. The number of halogens is 1. The highest BCUT2D eigenvalue weighted by molar-refractivity contribution is 7.99. The molecule has 14 heavy (non-hydrogen) atoms. The molecule has 1 aliphatic rings. The van der Waals surface area contributed by atoms with Crippen LogP contribution >= 0.6 is 11.8 Å². The van der Waals surface area contributed by atoms with E-state index in [-0.39, 0.29) is 5.95 Å². The summed E-state index contributed by atoms with van der Waals surface area (Å²) in [6, 6.07) is 0. The molecule has 0 aliphatic carbocycles. The van der Waals surface area contributed by atoms with Gasteiger partial charge in [0.25, 0.3) is 0 Å². The van der Waals surface area contributed by atoms with E-state index in [0.717, 1.165) is 30.8 Å². The number of rotatable bonds is 1. The van der Waals surface area contributed by atoms with Crippen molar-refractivity contribution in [3.8, 4) is 0 Å². The zero-order valence-corrected chi connectivity index (χ0v) is 8.43.